The number of ether oxygens (including phenoxy) is 1. The average molecular weight is 293 g/mol. The summed E-state index contributed by atoms with van der Waals surface area (Å²) in [5.41, 5.74) is 7.19. The van der Waals surface area contributed by atoms with Crippen molar-refractivity contribution in [2.24, 2.45) is 0 Å². The second kappa shape index (κ2) is 6.19. The first kappa shape index (κ1) is 14.7. The first-order valence-electron chi connectivity index (χ1n) is 6.50. The highest BCUT2D eigenvalue weighted by Crippen LogP contribution is 2.32. The number of nitrogen functional groups attached to an aromatic ring is 1. The number of hydrogen-bond donors (Lipinski definition) is 1. The molecule has 20 heavy (non-hydrogen) atoms. The van der Waals surface area contributed by atoms with E-state index in [1.807, 2.05) is 26.0 Å². The number of carbonyl (C=O) groups excluding carboxylic acids is 1. The molecule has 0 spiro atoms. The number of nitrogens with two attached hydrogens (primary N) is 1. The van der Waals surface area contributed by atoms with Crippen molar-refractivity contribution in [2.75, 3.05) is 25.9 Å². The van der Waals surface area contributed by atoms with Crippen molar-refractivity contribution >= 4 is 33.1 Å². The minimum atomic E-state index is -0.0853. The topological polar surface area (TPSA) is 68.5 Å². The van der Waals surface area contributed by atoms with Gasteiger partial charge in [0.15, 0.2) is 0 Å². The molecular weight excluding hydrogens is 274 g/mol. The molecule has 0 aliphatic carbocycles. The standard InChI is InChI=1S/C14H19N3O2S/c1-9(2)19-8-7-17(3)14(18)13-11(15)12-10(20-13)5-4-6-16-12/h4-6,9H,7-8,15H2,1-3H3. The zero-order chi connectivity index (χ0) is 14.7. The molecule has 0 aliphatic heterocycles. The molecule has 0 saturated heterocycles. The van der Waals surface area contributed by atoms with E-state index in [2.05, 4.69) is 4.98 Å². The molecule has 2 heterocycles. The predicted molar refractivity (Wildman–Crippen MR) is 82.1 cm³/mol. The SMILES string of the molecule is CC(C)OCCN(C)C(=O)c1sc2cccnc2c1N. The number of fused-ring (bicyclic) bond motifs is 1. The van der Waals surface area contributed by atoms with E-state index in [0.717, 1.165) is 4.70 Å². The molecule has 108 valence electrons. The highest BCUT2D eigenvalue weighted by molar-refractivity contribution is 7.21. The number of anilines is 1. The molecule has 0 radical (unpaired) electrons. The van der Waals surface area contributed by atoms with Crippen LogP contribution < -0.4 is 5.73 Å². The Hall–Kier alpha value is -1.66. The van der Waals surface area contributed by atoms with E-state index in [0.29, 0.717) is 29.2 Å². The van der Waals surface area contributed by atoms with Gasteiger partial charge in [-0.3, -0.25) is 9.78 Å². The second-order valence-electron chi connectivity index (χ2n) is 4.84. The fraction of sp³-hybridized carbons (Fsp3) is 0.429. The summed E-state index contributed by atoms with van der Waals surface area (Å²) in [5.74, 6) is -0.0853. The Morgan fingerprint density at radius 2 is 2.30 bits per heavy atom. The Kier molecular flexibility index (Phi) is 4.57. The van der Waals surface area contributed by atoms with Crippen molar-refractivity contribution in [1.82, 2.24) is 9.88 Å². The van der Waals surface area contributed by atoms with Crippen molar-refractivity contribution in [3.63, 3.8) is 0 Å². The summed E-state index contributed by atoms with van der Waals surface area (Å²) in [7, 11) is 1.75. The normalized spacial score (nSPS) is 11.2. The molecule has 5 nitrogen and oxygen atoms in total. The van der Waals surface area contributed by atoms with E-state index in [4.69, 9.17) is 10.5 Å². The summed E-state index contributed by atoms with van der Waals surface area (Å²) < 4.78 is 6.38. The van der Waals surface area contributed by atoms with Crippen LogP contribution in [0, 0.1) is 0 Å². The van der Waals surface area contributed by atoms with Crippen molar-refractivity contribution in [3.05, 3.63) is 23.2 Å². The zero-order valence-electron chi connectivity index (χ0n) is 11.9. The minimum Gasteiger partial charge on any atom is -0.396 e. The van der Waals surface area contributed by atoms with Crippen LogP contribution in [0.5, 0.6) is 0 Å². The summed E-state index contributed by atoms with van der Waals surface area (Å²) in [5, 5.41) is 0. The van der Waals surface area contributed by atoms with Crippen LogP contribution in [0.15, 0.2) is 18.3 Å². The number of thiophene rings is 1. The van der Waals surface area contributed by atoms with Gasteiger partial charge in [-0.05, 0) is 26.0 Å². The molecule has 2 rings (SSSR count). The molecule has 2 N–H and O–H groups in total. The Morgan fingerprint density at radius 3 is 2.95 bits per heavy atom. The van der Waals surface area contributed by atoms with E-state index in [1.54, 1.807) is 18.1 Å². The van der Waals surface area contributed by atoms with Crippen LogP contribution in [-0.2, 0) is 4.74 Å². The van der Waals surface area contributed by atoms with Crippen LogP contribution in [0.25, 0.3) is 10.2 Å². The van der Waals surface area contributed by atoms with Gasteiger partial charge in [-0.25, -0.2) is 0 Å². The molecule has 0 aliphatic rings. The van der Waals surface area contributed by atoms with Gasteiger partial charge in [0.05, 0.1) is 23.1 Å². The predicted octanol–water partition coefficient (Wildman–Crippen LogP) is 2.38. The van der Waals surface area contributed by atoms with Crippen molar-refractivity contribution < 1.29 is 9.53 Å². The van der Waals surface area contributed by atoms with Gasteiger partial charge < -0.3 is 15.4 Å². The summed E-state index contributed by atoms with van der Waals surface area (Å²) >= 11 is 1.38. The number of pyridine rings is 1. The van der Waals surface area contributed by atoms with E-state index in [9.17, 15) is 4.79 Å². The molecule has 0 unspecified atom stereocenters. The van der Waals surface area contributed by atoms with Gasteiger partial charge in [-0.15, -0.1) is 11.3 Å². The number of likely N-dealkylation sites (N-methyl/N-ethyl adjacent to an activating group) is 1. The van der Waals surface area contributed by atoms with Gasteiger partial charge in [0.25, 0.3) is 5.91 Å². The van der Waals surface area contributed by atoms with Crippen molar-refractivity contribution in [1.29, 1.82) is 0 Å². The fourth-order valence-corrected chi connectivity index (χ4v) is 2.88. The monoisotopic (exact) mass is 293 g/mol. The molecular formula is C14H19N3O2S. The van der Waals surface area contributed by atoms with Crippen LogP contribution in [0.4, 0.5) is 5.69 Å². The van der Waals surface area contributed by atoms with Gasteiger partial charge in [0.2, 0.25) is 0 Å². The third kappa shape index (κ3) is 3.08. The third-order valence-corrected chi connectivity index (χ3v) is 4.05. The van der Waals surface area contributed by atoms with E-state index in [1.165, 1.54) is 11.3 Å². The average Bonchev–Trinajstić information content (AvgIpc) is 2.75. The lowest BCUT2D eigenvalue weighted by Crippen LogP contribution is -2.30. The largest absolute Gasteiger partial charge is 0.396 e. The van der Waals surface area contributed by atoms with E-state index in [-0.39, 0.29) is 12.0 Å². The van der Waals surface area contributed by atoms with Gasteiger partial charge in [-0.2, -0.15) is 0 Å². The maximum absolute atomic E-state index is 12.4. The lowest BCUT2D eigenvalue weighted by Gasteiger charge is -2.17. The van der Waals surface area contributed by atoms with Crippen molar-refractivity contribution in [3.8, 4) is 0 Å². The van der Waals surface area contributed by atoms with Gasteiger partial charge in [0, 0.05) is 19.8 Å². The fourth-order valence-electron chi connectivity index (χ4n) is 1.81. The summed E-state index contributed by atoms with van der Waals surface area (Å²) in [6.45, 7) is 5.00. The Balaban J connectivity index is 2.12. The highest BCUT2D eigenvalue weighted by atomic mass is 32.1. The number of hydrogen-bond acceptors (Lipinski definition) is 5. The lowest BCUT2D eigenvalue weighted by molar-refractivity contribution is 0.0535. The number of nitrogens with zero attached hydrogens (tertiary/aromatic N) is 2. The zero-order valence-corrected chi connectivity index (χ0v) is 12.7. The maximum Gasteiger partial charge on any atom is 0.265 e. The van der Waals surface area contributed by atoms with Crippen LogP contribution in [0.2, 0.25) is 0 Å². The van der Waals surface area contributed by atoms with Gasteiger partial charge in [0.1, 0.15) is 10.4 Å². The van der Waals surface area contributed by atoms with Crippen molar-refractivity contribution in [2.45, 2.75) is 20.0 Å². The Morgan fingerprint density at radius 1 is 1.55 bits per heavy atom. The third-order valence-electron chi connectivity index (χ3n) is 2.90. The molecule has 2 aromatic heterocycles. The molecule has 6 heteroatoms. The molecule has 0 atom stereocenters. The van der Waals surface area contributed by atoms with Crippen LogP contribution in [0.3, 0.4) is 0 Å². The quantitative estimate of drug-likeness (QED) is 0.919. The van der Waals surface area contributed by atoms with Gasteiger partial charge >= 0.3 is 0 Å². The first-order valence-corrected chi connectivity index (χ1v) is 7.32. The van der Waals surface area contributed by atoms with Crippen LogP contribution in [0.1, 0.15) is 23.5 Å². The number of amides is 1. The van der Waals surface area contributed by atoms with Gasteiger partial charge in [-0.1, -0.05) is 0 Å². The Bertz CT molecular complexity index is 609. The van der Waals surface area contributed by atoms with Crippen LogP contribution in [-0.4, -0.2) is 42.1 Å². The summed E-state index contributed by atoms with van der Waals surface area (Å²) in [4.78, 5) is 18.8. The molecule has 0 bridgehead atoms. The summed E-state index contributed by atoms with van der Waals surface area (Å²) in [6, 6.07) is 3.76. The second-order valence-corrected chi connectivity index (χ2v) is 5.89. The molecule has 0 aromatic carbocycles. The van der Waals surface area contributed by atoms with Crippen LogP contribution >= 0.6 is 11.3 Å². The van der Waals surface area contributed by atoms with E-state index < -0.39 is 0 Å². The summed E-state index contributed by atoms with van der Waals surface area (Å²) in [6.07, 6.45) is 1.84. The van der Waals surface area contributed by atoms with E-state index >= 15 is 0 Å². The molecule has 0 saturated carbocycles. The Labute approximate surface area is 122 Å². The molecule has 1 amide bonds. The molecule has 0 fully saturated rings. The minimum absolute atomic E-state index is 0.0853. The first-order chi connectivity index (χ1) is 9.50. The lowest BCUT2D eigenvalue weighted by atomic mass is 10.3. The molecule has 2 aromatic rings. The number of aromatic nitrogens is 1. The maximum atomic E-state index is 12.4. The number of rotatable bonds is 5. The number of carbonyl (C=O) groups is 1. The smallest absolute Gasteiger partial charge is 0.265 e. The highest BCUT2D eigenvalue weighted by Gasteiger charge is 2.20.